The molecular weight excluding hydrogens is 408 g/mol. The van der Waals surface area contributed by atoms with Gasteiger partial charge in [-0.25, -0.2) is 8.42 Å². The molecular formula is C21H22N2O4S2. The summed E-state index contributed by atoms with van der Waals surface area (Å²) in [6, 6.07) is 17.2. The Labute approximate surface area is 174 Å². The number of hydrogen-bond acceptors (Lipinski definition) is 5. The summed E-state index contributed by atoms with van der Waals surface area (Å²) in [6.07, 6.45) is 1.70. The van der Waals surface area contributed by atoms with Crippen LogP contribution in [0.25, 0.3) is 0 Å². The number of carbonyl (C=O) groups excluding carboxylic acids is 2. The lowest BCUT2D eigenvalue weighted by molar-refractivity contribution is -0.163. The van der Waals surface area contributed by atoms with E-state index in [4.69, 9.17) is 0 Å². The lowest BCUT2D eigenvalue weighted by Gasteiger charge is -2.63. The Kier molecular flexibility index (Phi) is 4.55. The molecule has 3 heterocycles. The second kappa shape index (κ2) is 6.60. The van der Waals surface area contributed by atoms with E-state index in [9.17, 15) is 18.0 Å². The third-order valence-electron chi connectivity index (χ3n) is 6.03. The highest BCUT2D eigenvalue weighted by molar-refractivity contribution is 8.01. The van der Waals surface area contributed by atoms with Gasteiger partial charge >= 0.3 is 0 Å². The van der Waals surface area contributed by atoms with E-state index in [1.165, 1.54) is 21.6 Å². The minimum absolute atomic E-state index is 0.0452. The summed E-state index contributed by atoms with van der Waals surface area (Å²) in [5.74, 6) is -0.704. The Morgan fingerprint density at radius 2 is 1.52 bits per heavy atom. The standard InChI is InChI=1S/C21H22N2O4S2/c1-20-14-17(29(26,27)16-12-8-5-9-13-16)21(28-3,22(2)18(20)24)23(19(20)25)15-10-6-4-7-11-15/h4-13,17H,14H2,1-3H3/t17-,20-,21-/m1/s1. The van der Waals surface area contributed by atoms with Crippen molar-refractivity contribution in [3.63, 3.8) is 0 Å². The third kappa shape index (κ3) is 2.51. The molecule has 2 aromatic carbocycles. The molecule has 2 aromatic rings. The number of hydrogen-bond donors (Lipinski definition) is 0. The molecule has 0 aliphatic carbocycles. The molecule has 0 N–H and O–H groups in total. The quantitative estimate of drug-likeness (QED) is 0.698. The van der Waals surface area contributed by atoms with E-state index in [1.807, 2.05) is 6.07 Å². The van der Waals surface area contributed by atoms with Gasteiger partial charge in [-0.3, -0.25) is 14.5 Å². The van der Waals surface area contributed by atoms with Crippen LogP contribution in [-0.4, -0.2) is 48.7 Å². The molecule has 0 spiro atoms. The first-order chi connectivity index (χ1) is 13.7. The molecule has 2 amide bonds. The van der Waals surface area contributed by atoms with Gasteiger partial charge in [0.1, 0.15) is 10.7 Å². The average Bonchev–Trinajstić information content (AvgIpc) is 2.74. The van der Waals surface area contributed by atoms with Crippen LogP contribution < -0.4 is 4.90 Å². The zero-order chi connectivity index (χ0) is 21.0. The second-order valence-corrected chi connectivity index (χ2v) is 10.7. The zero-order valence-electron chi connectivity index (χ0n) is 16.4. The molecule has 3 fully saturated rings. The van der Waals surface area contributed by atoms with Gasteiger partial charge in [-0.1, -0.05) is 36.4 Å². The van der Waals surface area contributed by atoms with Crippen LogP contribution in [0, 0.1) is 5.41 Å². The van der Waals surface area contributed by atoms with Crippen LogP contribution in [0.1, 0.15) is 13.3 Å². The van der Waals surface area contributed by atoms with Crippen molar-refractivity contribution in [3.8, 4) is 0 Å². The summed E-state index contributed by atoms with van der Waals surface area (Å²) in [7, 11) is -2.24. The highest BCUT2D eigenvalue weighted by Gasteiger charge is 2.72. The topological polar surface area (TPSA) is 74.8 Å². The van der Waals surface area contributed by atoms with Crippen molar-refractivity contribution in [3.05, 3.63) is 60.7 Å². The van der Waals surface area contributed by atoms with Gasteiger partial charge in [0, 0.05) is 12.7 Å². The van der Waals surface area contributed by atoms with E-state index in [0.29, 0.717) is 5.69 Å². The summed E-state index contributed by atoms with van der Waals surface area (Å²) in [6.45, 7) is 1.56. The lowest BCUT2D eigenvalue weighted by Crippen LogP contribution is -2.81. The number of para-hydroxylation sites is 1. The number of carbonyl (C=O) groups is 2. The molecule has 2 bridgehead atoms. The monoisotopic (exact) mass is 430 g/mol. The van der Waals surface area contributed by atoms with Crippen molar-refractivity contribution in [1.29, 1.82) is 0 Å². The fourth-order valence-corrected chi connectivity index (χ4v) is 8.34. The van der Waals surface area contributed by atoms with E-state index < -0.39 is 25.5 Å². The van der Waals surface area contributed by atoms with E-state index in [-0.39, 0.29) is 23.1 Å². The average molecular weight is 431 g/mol. The van der Waals surface area contributed by atoms with Gasteiger partial charge in [0.15, 0.2) is 14.8 Å². The number of benzene rings is 2. The normalized spacial score (nSPS) is 29.4. The molecule has 0 unspecified atom stereocenters. The van der Waals surface area contributed by atoms with E-state index >= 15 is 0 Å². The van der Waals surface area contributed by atoms with E-state index in [1.54, 1.807) is 74.8 Å². The summed E-state index contributed by atoms with van der Waals surface area (Å²) in [5.41, 5.74) is -0.861. The van der Waals surface area contributed by atoms with Crippen molar-refractivity contribution in [2.24, 2.45) is 5.41 Å². The van der Waals surface area contributed by atoms with Gasteiger partial charge in [0.2, 0.25) is 11.8 Å². The Morgan fingerprint density at radius 3 is 2.07 bits per heavy atom. The first-order valence-corrected chi connectivity index (χ1v) is 12.0. The predicted octanol–water partition coefficient (Wildman–Crippen LogP) is 2.76. The largest absolute Gasteiger partial charge is 0.311 e. The highest BCUT2D eigenvalue weighted by atomic mass is 32.2. The second-order valence-electron chi connectivity index (χ2n) is 7.59. The maximum atomic E-state index is 13.7. The summed E-state index contributed by atoms with van der Waals surface area (Å²) in [4.78, 5) is 28.4. The summed E-state index contributed by atoms with van der Waals surface area (Å²) >= 11 is 1.21. The van der Waals surface area contributed by atoms with Gasteiger partial charge in [-0.15, -0.1) is 11.8 Å². The molecule has 3 aliphatic heterocycles. The molecule has 29 heavy (non-hydrogen) atoms. The molecule has 8 heteroatoms. The van der Waals surface area contributed by atoms with Crippen molar-refractivity contribution >= 4 is 39.1 Å². The van der Waals surface area contributed by atoms with Gasteiger partial charge in [-0.2, -0.15) is 0 Å². The van der Waals surface area contributed by atoms with Gasteiger partial charge in [0.05, 0.1) is 4.90 Å². The lowest BCUT2D eigenvalue weighted by atomic mass is 9.73. The number of fused-ring (bicyclic) bond motifs is 3. The molecule has 3 atom stereocenters. The van der Waals surface area contributed by atoms with E-state index in [0.717, 1.165) is 0 Å². The van der Waals surface area contributed by atoms with Crippen LogP contribution in [0.2, 0.25) is 0 Å². The van der Waals surface area contributed by atoms with Gasteiger partial charge in [-0.05, 0) is 43.9 Å². The zero-order valence-corrected chi connectivity index (χ0v) is 18.0. The molecule has 0 radical (unpaired) electrons. The summed E-state index contributed by atoms with van der Waals surface area (Å²) < 4.78 is 27.5. The molecule has 152 valence electrons. The smallest absolute Gasteiger partial charge is 0.245 e. The van der Waals surface area contributed by atoms with Gasteiger partial charge < -0.3 is 4.90 Å². The molecule has 0 aromatic heterocycles. The number of anilines is 1. The third-order valence-corrected chi connectivity index (χ3v) is 9.69. The molecule has 3 aliphatic rings. The van der Waals surface area contributed by atoms with Crippen LogP contribution in [0.3, 0.4) is 0 Å². The number of nitrogens with zero attached hydrogens (tertiary/aromatic N) is 2. The number of piperidine rings is 2. The molecule has 3 saturated heterocycles. The number of rotatable bonds is 4. The SMILES string of the molecule is CS[C@]12[C@H](S(=O)(=O)c3ccccc3)C[C@](C)(C(=O)N1C)C(=O)N2c1ccccc1. The fourth-order valence-electron chi connectivity index (χ4n) is 4.51. The van der Waals surface area contributed by atoms with Crippen molar-refractivity contribution in [2.75, 3.05) is 18.2 Å². The van der Waals surface area contributed by atoms with Crippen molar-refractivity contribution in [1.82, 2.24) is 4.90 Å². The van der Waals surface area contributed by atoms with E-state index in [2.05, 4.69) is 0 Å². The molecule has 5 rings (SSSR count). The van der Waals surface area contributed by atoms with Crippen LogP contribution >= 0.6 is 11.8 Å². The Hall–Kier alpha value is -2.32. The first kappa shape index (κ1) is 20.0. The van der Waals surface area contributed by atoms with Crippen LogP contribution in [0.4, 0.5) is 5.69 Å². The van der Waals surface area contributed by atoms with Gasteiger partial charge in [0.25, 0.3) is 0 Å². The maximum Gasteiger partial charge on any atom is 0.245 e. The Balaban J connectivity index is 1.99. The van der Waals surface area contributed by atoms with Crippen LogP contribution in [0.5, 0.6) is 0 Å². The summed E-state index contributed by atoms with van der Waals surface area (Å²) in [5, 5.41) is -0.974. The minimum atomic E-state index is -3.83. The minimum Gasteiger partial charge on any atom is -0.311 e. The fraction of sp³-hybridized carbons (Fsp3) is 0.333. The highest BCUT2D eigenvalue weighted by Crippen LogP contribution is 2.56. The Bertz CT molecular complexity index is 1070. The number of amides is 2. The predicted molar refractivity (Wildman–Crippen MR) is 113 cm³/mol. The maximum absolute atomic E-state index is 13.7. The first-order valence-electron chi connectivity index (χ1n) is 9.23. The number of thioether (sulfide) groups is 1. The molecule has 6 nitrogen and oxygen atoms in total. The van der Waals surface area contributed by atoms with Crippen molar-refractivity contribution in [2.45, 2.75) is 28.5 Å². The number of sulfone groups is 1. The molecule has 0 saturated carbocycles. The van der Waals surface area contributed by atoms with Crippen LogP contribution in [0.15, 0.2) is 65.6 Å². The Morgan fingerprint density at radius 1 is 0.966 bits per heavy atom. The van der Waals surface area contributed by atoms with Crippen LogP contribution in [-0.2, 0) is 19.4 Å². The van der Waals surface area contributed by atoms with Crippen molar-refractivity contribution < 1.29 is 18.0 Å².